The zero-order chi connectivity index (χ0) is 16.9. The number of rotatable bonds is 7. The van der Waals surface area contributed by atoms with Crippen LogP contribution in [0.3, 0.4) is 0 Å². The van der Waals surface area contributed by atoms with Crippen molar-refractivity contribution in [3.8, 4) is 5.75 Å². The van der Waals surface area contributed by atoms with Gasteiger partial charge in [0.05, 0.1) is 17.2 Å². The van der Waals surface area contributed by atoms with Gasteiger partial charge in [0.1, 0.15) is 11.6 Å². The van der Waals surface area contributed by atoms with Crippen LogP contribution in [0.1, 0.15) is 19.8 Å². The molecule has 0 radical (unpaired) electrons. The summed E-state index contributed by atoms with van der Waals surface area (Å²) >= 11 is 3.13. The van der Waals surface area contributed by atoms with Crippen LogP contribution < -0.4 is 9.46 Å². The summed E-state index contributed by atoms with van der Waals surface area (Å²) in [6.07, 6.45) is 1.98. The molecule has 2 aromatic carbocycles. The summed E-state index contributed by atoms with van der Waals surface area (Å²) < 4.78 is 46.0. The van der Waals surface area contributed by atoms with E-state index in [1.165, 1.54) is 30.3 Å². The van der Waals surface area contributed by atoms with E-state index in [1.54, 1.807) is 12.1 Å². The van der Waals surface area contributed by atoms with Crippen molar-refractivity contribution in [1.82, 2.24) is 0 Å². The molecular formula is C16H17BrFNO3S. The number of unbranched alkanes of at least 4 members (excludes halogenated alkanes) is 1. The van der Waals surface area contributed by atoms with Gasteiger partial charge in [0.25, 0.3) is 10.0 Å². The second-order valence-corrected chi connectivity index (χ2v) is 7.44. The van der Waals surface area contributed by atoms with Crippen LogP contribution in [0, 0.1) is 5.82 Å². The van der Waals surface area contributed by atoms with E-state index in [2.05, 4.69) is 27.6 Å². The van der Waals surface area contributed by atoms with Crippen LogP contribution >= 0.6 is 15.9 Å². The molecule has 23 heavy (non-hydrogen) atoms. The lowest BCUT2D eigenvalue weighted by Crippen LogP contribution is -2.13. The lowest BCUT2D eigenvalue weighted by atomic mass is 10.3. The molecule has 0 aliphatic heterocycles. The van der Waals surface area contributed by atoms with Crippen molar-refractivity contribution < 1.29 is 17.5 Å². The lowest BCUT2D eigenvalue weighted by Gasteiger charge is -2.11. The molecule has 0 aromatic heterocycles. The second kappa shape index (κ2) is 7.79. The number of halogens is 2. The Hall–Kier alpha value is -1.60. The zero-order valence-electron chi connectivity index (χ0n) is 12.6. The topological polar surface area (TPSA) is 55.4 Å². The molecule has 0 unspecified atom stereocenters. The fourth-order valence-corrected chi connectivity index (χ4v) is 3.49. The van der Waals surface area contributed by atoms with Crippen molar-refractivity contribution >= 4 is 31.6 Å². The molecule has 0 aliphatic rings. The third kappa shape index (κ3) is 4.94. The summed E-state index contributed by atoms with van der Waals surface area (Å²) in [5, 5.41) is 0. The molecule has 0 bridgehead atoms. The Morgan fingerprint density at radius 3 is 2.48 bits per heavy atom. The van der Waals surface area contributed by atoms with Gasteiger partial charge < -0.3 is 4.74 Å². The quantitative estimate of drug-likeness (QED) is 0.691. The van der Waals surface area contributed by atoms with Crippen molar-refractivity contribution in [1.29, 1.82) is 0 Å². The van der Waals surface area contributed by atoms with Crippen molar-refractivity contribution in [2.45, 2.75) is 24.7 Å². The highest BCUT2D eigenvalue weighted by Gasteiger charge is 2.16. The molecule has 124 valence electrons. The molecular weight excluding hydrogens is 385 g/mol. The van der Waals surface area contributed by atoms with Crippen LogP contribution in [-0.4, -0.2) is 15.0 Å². The van der Waals surface area contributed by atoms with E-state index >= 15 is 0 Å². The molecule has 0 aliphatic carbocycles. The summed E-state index contributed by atoms with van der Waals surface area (Å²) in [6, 6.07) is 9.92. The van der Waals surface area contributed by atoms with E-state index in [0.717, 1.165) is 12.8 Å². The smallest absolute Gasteiger partial charge is 0.261 e. The van der Waals surface area contributed by atoms with Crippen molar-refractivity contribution in [3.63, 3.8) is 0 Å². The van der Waals surface area contributed by atoms with E-state index in [4.69, 9.17) is 4.74 Å². The van der Waals surface area contributed by atoms with E-state index in [9.17, 15) is 12.8 Å². The normalized spacial score (nSPS) is 11.3. The lowest BCUT2D eigenvalue weighted by molar-refractivity contribution is 0.309. The predicted octanol–water partition coefficient (Wildman–Crippen LogP) is 4.57. The fourth-order valence-electron chi connectivity index (χ4n) is 1.83. The SMILES string of the molecule is CCCCOc1ccc(S(=O)(=O)Nc2ccc(F)cc2Br)cc1. The van der Waals surface area contributed by atoms with Gasteiger partial charge in [-0.2, -0.15) is 0 Å². The maximum absolute atomic E-state index is 13.1. The Morgan fingerprint density at radius 2 is 1.87 bits per heavy atom. The third-order valence-electron chi connectivity index (χ3n) is 3.08. The minimum Gasteiger partial charge on any atom is -0.494 e. The largest absolute Gasteiger partial charge is 0.494 e. The Balaban J connectivity index is 2.13. The molecule has 0 amide bonds. The highest BCUT2D eigenvalue weighted by Crippen LogP contribution is 2.26. The number of nitrogens with one attached hydrogen (secondary N) is 1. The molecule has 2 rings (SSSR count). The second-order valence-electron chi connectivity index (χ2n) is 4.90. The minimum absolute atomic E-state index is 0.108. The average molecular weight is 402 g/mol. The molecule has 0 heterocycles. The predicted molar refractivity (Wildman–Crippen MR) is 91.8 cm³/mol. The Bertz CT molecular complexity index is 763. The van der Waals surface area contributed by atoms with Gasteiger partial charge in [0.15, 0.2) is 0 Å². The Kier molecular flexibility index (Phi) is 6.01. The molecule has 0 saturated heterocycles. The van der Waals surface area contributed by atoms with Gasteiger partial charge in [-0.25, -0.2) is 12.8 Å². The van der Waals surface area contributed by atoms with Gasteiger partial charge in [-0.3, -0.25) is 4.72 Å². The number of hydrogen-bond acceptors (Lipinski definition) is 3. The van der Waals surface area contributed by atoms with Gasteiger partial charge in [0.2, 0.25) is 0 Å². The molecule has 2 aromatic rings. The van der Waals surface area contributed by atoms with Crippen LogP contribution in [0.5, 0.6) is 5.75 Å². The molecule has 0 fully saturated rings. The molecule has 0 saturated carbocycles. The monoisotopic (exact) mass is 401 g/mol. The van der Waals surface area contributed by atoms with Crippen molar-refractivity contribution in [2.24, 2.45) is 0 Å². The maximum Gasteiger partial charge on any atom is 0.261 e. The van der Waals surface area contributed by atoms with Crippen molar-refractivity contribution in [2.75, 3.05) is 11.3 Å². The Labute approximate surface area is 143 Å². The van der Waals surface area contributed by atoms with Gasteiger partial charge in [-0.1, -0.05) is 13.3 Å². The number of hydrogen-bond donors (Lipinski definition) is 1. The van der Waals surface area contributed by atoms with Crippen molar-refractivity contribution in [3.05, 3.63) is 52.8 Å². The van der Waals surface area contributed by atoms with Gasteiger partial charge >= 0.3 is 0 Å². The van der Waals surface area contributed by atoms with Crippen LogP contribution in [0.25, 0.3) is 0 Å². The summed E-state index contributed by atoms with van der Waals surface area (Å²) in [5.74, 6) is 0.175. The maximum atomic E-state index is 13.1. The first-order chi connectivity index (χ1) is 10.9. The molecule has 0 spiro atoms. The van der Waals surface area contributed by atoms with Crippen LogP contribution in [0.2, 0.25) is 0 Å². The number of anilines is 1. The third-order valence-corrected chi connectivity index (χ3v) is 5.11. The molecule has 0 atom stereocenters. The molecule has 4 nitrogen and oxygen atoms in total. The average Bonchev–Trinajstić information content (AvgIpc) is 2.51. The summed E-state index contributed by atoms with van der Waals surface area (Å²) in [7, 11) is -3.75. The summed E-state index contributed by atoms with van der Waals surface area (Å²) in [6.45, 7) is 2.67. The van der Waals surface area contributed by atoms with E-state index < -0.39 is 15.8 Å². The van der Waals surface area contributed by atoms with E-state index in [1.807, 2.05) is 0 Å². The van der Waals surface area contributed by atoms with Crippen LogP contribution in [0.15, 0.2) is 51.8 Å². The Morgan fingerprint density at radius 1 is 1.17 bits per heavy atom. The first-order valence-corrected chi connectivity index (χ1v) is 9.41. The highest BCUT2D eigenvalue weighted by molar-refractivity contribution is 9.10. The molecule has 7 heteroatoms. The van der Waals surface area contributed by atoms with E-state index in [-0.39, 0.29) is 10.6 Å². The number of sulfonamides is 1. The first kappa shape index (κ1) is 17.7. The fraction of sp³-hybridized carbons (Fsp3) is 0.250. The summed E-state index contributed by atoms with van der Waals surface area (Å²) in [5.41, 5.74) is 0.273. The van der Waals surface area contributed by atoms with E-state index in [0.29, 0.717) is 16.8 Å². The number of benzene rings is 2. The van der Waals surface area contributed by atoms with Crippen LogP contribution in [-0.2, 0) is 10.0 Å². The minimum atomic E-state index is -3.75. The van der Waals surface area contributed by atoms with Gasteiger partial charge in [-0.05, 0) is 64.8 Å². The zero-order valence-corrected chi connectivity index (χ0v) is 15.0. The number of ether oxygens (including phenoxy) is 1. The molecule has 1 N–H and O–H groups in total. The standard InChI is InChI=1S/C16H17BrFNO3S/c1-2-3-10-22-13-5-7-14(8-6-13)23(20,21)19-16-9-4-12(18)11-15(16)17/h4-9,11,19H,2-3,10H2,1H3. The highest BCUT2D eigenvalue weighted by atomic mass is 79.9. The van der Waals surface area contributed by atoms with Gasteiger partial charge in [-0.15, -0.1) is 0 Å². The van der Waals surface area contributed by atoms with Crippen LogP contribution in [0.4, 0.5) is 10.1 Å². The first-order valence-electron chi connectivity index (χ1n) is 7.13. The van der Waals surface area contributed by atoms with Gasteiger partial charge in [0, 0.05) is 4.47 Å². The summed E-state index contributed by atoms with van der Waals surface area (Å²) in [4.78, 5) is 0.108.